The Labute approximate surface area is 137 Å². The first-order chi connectivity index (χ1) is 11.0. The highest BCUT2D eigenvalue weighted by atomic mass is 19.1. The van der Waals surface area contributed by atoms with Crippen LogP contribution < -0.4 is 10.6 Å². The molecule has 4 aliphatic rings. The molecule has 4 aliphatic carbocycles. The Bertz CT molecular complexity index is 563. The van der Waals surface area contributed by atoms with Gasteiger partial charge in [-0.1, -0.05) is 0 Å². The van der Waals surface area contributed by atoms with E-state index in [-0.39, 0.29) is 23.3 Å². The number of amides is 1. The van der Waals surface area contributed by atoms with Crippen LogP contribution >= 0.6 is 0 Å². The summed E-state index contributed by atoms with van der Waals surface area (Å²) in [7, 11) is 0. The molecule has 4 bridgehead atoms. The van der Waals surface area contributed by atoms with E-state index < -0.39 is 0 Å². The molecule has 0 aromatic heterocycles. The van der Waals surface area contributed by atoms with Gasteiger partial charge in [0.25, 0.3) is 0 Å². The Kier molecular flexibility index (Phi) is 3.67. The van der Waals surface area contributed by atoms with Gasteiger partial charge in [0.2, 0.25) is 5.91 Å². The standard InChI is InChI=1S/C19H25FN2O/c1-12(18(23)21-17-4-2-16(20)3-5-17)22-19-9-13-6-14(10-19)8-15(7-13)11-19/h2-5,12-15,22H,6-11H2,1H3,(H,21,23)/t12-,13?,14?,15?,19?/m1/s1. The van der Waals surface area contributed by atoms with Crippen LogP contribution in [-0.4, -0.2) is 17.5 Å². The predicted molar refractivity (Wildman–Crippen MR) is 88.5 cm³/mol. The van der Waals surface area contributed by atoms with Gasteiger partial charge < -0.3 is 10.6 Å². The van der Waals surface area contributed by atoms with Crippen LogP contribution in [0.25, 0.3) is 0 Å². The van der Waals surface area contributed by atoms with Gasteiger partial charge in [0.1, 0.15) is 5.82 Å². The SMILES string of the molecule is C[C@@H](NC12CC3CC(CC(C3)C1)C2)C(=O)Nc1ccc(F)cc1. The zero-order chi connectivity index (χ0) is 16.0. The average Bonchev–Trinajstić information content (AvgIpc) is 2.47. The quantitative estimate of drug-likeness (QED) is 0.889. The van der Waals surface area contributed by atoms with Gasteiger partial charge in [-0.3, -0.25) is 4.79 Å². The molecule has 3 nitrogen and oxygen atoms in total. The molecule has 2 N–H and O–H groups in total. The minimum absolute atomic E-state index is 0.0349. The molecule has 0 aliphatic heterocycles. The molecule has 0 spiro atoms. The molecule has 4 fully saturated rings. The molecule has 124 valence electrons. The van der Waals surface area contributed by atoms with Crippen LogP contribution in [0.5, 0.6) is 0 Å². The summed E-state index contributed by atoms with van der Waals surface area (Å²) < 4.78 is 12.9. The highest BCUT2D eigenvalue weighted by Gasteiger charge is 2.51. The van der Waals surface area contributed by atoms with Gasteiger partial charge in [-0.05, 0) is 87.5 Å². The van der Waals surface area contributed by atoms with Crippen molar-refractivity contribution >= 4 is 11.6 Å². The summed E-state index contributed by atoms with van der Waals surface area (Å²) in [6, 6.07) is 5.71. The first kappa shape index (κ1) is 15.1. The third-order valence-electron chi connectivity index (χ3n) is 6.07. The van der Waals surface area contributed by atoms with Crippen LogP contribution in [0.1, 0.15) is 45.4 Å². The number of hydrogen-bond acceptors (Lipinski definition) is 2. The zero-order valence-corrected chi connectivity index (χ0v) is 13.6. The minimum Gasteiger partial charge on any atom is -0.325 e. The molecule has 0 radical (unpaired) electrons. The summed E-state index contributed by atoms with van der Waals surface area (Å²) in [6.45, 7) is 1.94. The molecule has 1 aromatic carbocycles. The summed E-state index contributed by atoms with van der Waals surface area (Å²) in [6.07, 6.45) is 7.89. The van der Waals surface area contributed by atoms with Crippen molar-refractivity contribution in [1.29, 1.82) is 0 Å². The molecule has 0 saturated heterocycles. The topological polar surface area (TPSA) is 41.1 Å². The van der Waals surface area contributed by atoms with Crippen molar-refractivity contribution in [3.63, 3.8) is 0 Å². The maximum Gasteiger partial charge on any atom is 0.241 e. The van der Waals surface area contributed by atoms with Gasteiger partial charge in [-0.25, -0.2) is 4.39 Å². The predicted octanol–water partition coefficient (Wildman–Crippen LogP) is 3.71. The maximum atomic E-state index is 12.9. The number of halogens is 1. The van der Waals surface area contributed by atoms with Crippen LogP contribution in [-0.2, 0) is 4.79 Å². The molecule has 4 saturated carbocycles. The molecule has 0 heterocycles. The normalized spacial score (nSPS) is 36.0. The number of carbonyl (C=O) groups is 1. The van der Waals surface area contributed by atoms with E-state index in [0.29, 0.717) is 5.69 Å². The van der Waals surface area contributed by atoms with E-state index in [9.17, 15) is 9.18 Å². The summed E-state index contributed by atoms with van der Waals surface area (Å²) >= 11 is 0. The number of nitrogens with one attached hydrogen (secondary N) is 2. The average molecular weight is 316 g/mol. The van der Waals surface area contributed by atoms with Crippen molar-refractivity contribution in [3.8, 4) is 0 Å². The second kappa shape index (κ2) is 5.59. The van der Waals surface area contributed by atoms with Gasteiger partial charge in [0.05, 0.1) is 6.04 Å². The van der Waals surface area contributed by atoms with Gasteiger partial charge >= 0.3 is 0 Å². The molecular weight excluding hydrogens is 291 g/mol. The molecule has 5 rings (SSSR count). The van der Waals surface area contributed by atoms with Crippen LogP contribution in [0.15, 0.2) is 24.3 Å². The van der Waals surface area contributed by atoms with Crippen molar-refractivity contribution in [2.75, 3.05) is 5.32 Å². The monoisotopic (exact) mass is 316 g/mol. The van der Waals surface area contributed by atoms with Crippen molar-refractivity contribution < 1.29 is 9.18 Å². The Morgan fingerprint density at radius 3 is 2.13 bits per heavy atom. The van der Waals surface area contributed by atoms with Crippen molar-refractivity contribution in [1.82, 2.24) is 5.32 Å². The Morgan fingerprint density at radius 1 is 1.09 bits per heavy atom. The Hall–Kier alpha value is -1.42. The van der Waals surface area contributed by atoms with E-state index >= 15 is 0 Å². The zero-order valence-electron chi connectivity index (χ0n) is 13.6. The van der Waals surface area contributed by atoms with Gasteiger partial charge in [0, 0.05) is 11.2 Å². The summed E-state index contributed by atoms with van der Waals surface area (Å²) in [5.41, 5.74) is 0.824. The molecule has 1 aromatic rings. The lowest BCUT2D eigenvalue weighted by Crippen LogP contribution is -2.62. The smallest absolute Gasteiger partial charge is 0.241 e. The molecule has 23 heavy (non-hydrogen) atoms. The highest BCUT2D eigenvalue weighted by molar-refractivity contribution is 5.94. The van der Waals surface area contributed by atoms with Gasteiger partial charge in [-0.2, -0.15) is 0 Å². The Morgan fingerprint density at radius 2 is 1.61 bits per heavy atom. The minimum atomic E-state index is -0.289. The summed E-state index contributed by atoms with van der Waals surface area (Å²) in [4.78, 5) is 12.5. The van der Waals surface area contributed by atoms with E-state index in [0.717, 1.165) is 17.8 Å². The fourth-order valence-electron chi connectivity index (χ4n) is 5.60. The molecule has 4 heteroatoms. The van der Waals surface area contributed by atoms with Crippen LogP contribution in [0.2, 0.25) is 0 Å². The lowest BCUT2D eigenvalue weighted by atomic mass is 9.53. The third kappa shape index (κ3) is 3.01. The summed E-state index contributed by atoms with van der Waals surface area (Å²) in [5, 5.41) is 6.55. The van der Waals surface area contributed by atoms with E-state index in [4.69, 9.17) is 0 Å². The number of carbonyl (C=O) groups excluding carboxylic acids is 1. The lowest BCUT2D eigenvalue weighted by Gasteiger charge is -2.57. The van der Waals surface area contributed by atoms with Crippen molar-refractivity contribution in [3.05, 3.63) is 30.1 Å². The van der Waals surface area contributed by atoms with Gasteiger partial charge in [0.15, 0.2) is 0 Å². The first-order valence-electron chi connectivity index (χ1n) is 8.85. The van der Waals surface area contributed by atoms with Crippen molar-refractivity contribution in [2.24, 2.45) is 17.8 Å². The van der Waals surface area contributed by atoms with Gasteiger partial charge in [-0.15, -0.1) is 0 Å². The number of benzene rings is 1. The molecule has 0 unspecified atom stereocenters. The fraction of sp³-hybridized carbons (Fsp3) is 0.632. The van der Waals surface area contributed by atoms with Crippen molar-refractivity contribution in [2.45, 2.75) is 57.0 Å². The molecule has 1 amide bonds. The highest BCUT2D eigenvalue weighted by Crippen LogP contribution is 2.55. The van der Waals surface area contributed by atoms with Crippen LogP contribution in [0.3, 0.4) is 0 Å². The van der Waals surface area contributed by atoms with E-state index in [1.165, 1.54) is 50.7 Å². The van der Waals surface area contributed by atoms with E-state index in [2.05, 4.69) is 10.6 Å². The molecular formula is C19H25FN2O. The summed E-state index contributed by atoms with van der Waals surface area (Å²) in [5.74, 6) is 2.26. The molecule has 1 atom stereocenters. The first-order valence-corrected chi connectivity index (χ1v) is 8.85. The van der Waals surface area contributed by atoms with Crippen LogP contribution in [0.4, 0.5) is 10.1 Å². The number of hydrogen-bond donors (Lipinski definition) is 2. The largest absolute Gasteiger partial charge is 0.325 e. The second-order valence-corrected chi connectivity index (χ2v) is 8.06. The second-order valence-electron chi connectivity index (χ2n) is 8.06. The van der Waals surface area contributed by atoms with E-state index in [1.807, 2.05) is 6.92 Å². The third-order valence-corrected chi connectivity index (χ3v) is 6.07. The maximum absolute atomic E-state index is 12.9. The lowest BCUT2D eigenvalue weighted by molar-refractivity contribution is -0.119. The Balaban J connectivity index is 1.40. The number of anilines is 1. The fourth-order valence-corrected chi connectivity index (χ4v) is 5.60. The number of rotatable bonds is 4. The van der Waals surface area contributed by atoms with E-state index in [1.54, 1.807) is 12.1 Å². The van der Waals surface area contributed by atoms with Crippen LogP contribution in [0, 0.1) is 23.6 Å².